The van der Waals surface area contributed by atoms with Gasteiger partial charge in [-0.15, -0.1) is 0 Å². The zero-order chi connectivity index (χ0) is 21.1. The number of hydrogen-bond acceptors (Lipinski definition) is 5. The fraction of sp³-hybridized carbons (Fsp3) is 0.429. The minimum Gasteiger partial charge on any atom is -0.493 e. The molecule has 0 saturated carbocycles. The Balaban J connectivity index is 1.28. The molecule has 0 bridgehead atoms. The highest BCUT2D eigenvalue weighted by Crippen LogP contribution is 2.26. The van der Waals surface area contributed by atoms with E-state index in [1.807, 2.05) is 24.8 Å². The van der Waals surface area contributed by atoms with E-state index < -0.39 is 0 Å². The number of carbonyl (C=O) groups excluding carboxylic acids is 1. The molecule has 30 heavy (non-hydrogen) atoms. The summed E-state index contributed by atoms with van der Waals surface area (Å²) in [4.78, 5) is 18.7. The second kappa shape index (κ2) is 8.64. The number of carbonyl (C=O) groups is 1. The molecule has 1 aromatic carbocycles. The summed E-state index contributed by atoms with van der Waals surface area (Å²) < 4.78 is 20.4. The minimum atomic E-state index is -0.314. The first-order chi connectivity index (χ1) is 14.5. The Morgan fingerprint density at radius 3 is 2.97 bits per heavy atom. The lowest BCUT2D eigenvalue weighted by molar-refractivity contribution is -0.131. The average molecular weight is 412 g/mol. The molecule has 1 saturated heterocycles. The van der Waals surface area contributed by atoms with Crippen LogP contribution in [0, 0.1) is 19.7 Å². The molecule has 4 rings (SSSR count). The maximum Gasteiger partial charge on any atom is 0.244 e. The van der Waals surface area contributed by atoms with Crippen molar-refractivity contribution in [3.8, 4) is 5.75 Å². The molecular formula is C21H25FN6O2. The summed E-state index contributed by atoms with van der Waals surface area (Å²) in [5.74, 6) is 1.87. The number of nitrogens with one attached hydrogen (secondary N) is 1. The van der Waals surface area contributed by atoms with Crippen LogP contribution in [0.4, 0.5) is 4.39 Å². The topological polar surface area (TPSA) is 88.9 Å². The van der Waals surface area contributed by atoms with Gasteiger partial charge in [0.05, 0.1) is 12.3 Å². The molecule has 3 heterocycles. The molecule has 1 amide bonds. The maximum atomic E-state index is 13.2. The number of nitrogens with zero attached hydrogens (tertiary/aromatic N) is 5. The highest BCUT2D eigenvalue weighted by molar-refractivity contribution is 5.76. The Labute approximate surface area is 174 Å². The molecule has 0 spiro atoms. The number of likely N-dealkylation sites (tertiary alicyclic amines) is 1. The Bertz CT molecular complexity index is 1030. The summed E-state index contributed by atoms with van der Waals surface area (Å²) in [5, 5.41) is 11.7. The molecule has 1 aliphatic heterocycles. The van der Waals surface area contributed by atoms with Gasteiger partial charge in [0.25, 0.3) is 0 Å². The van der Waals surface area contributed by atoms with Crippen molar-refractivity contribution in [3.63, 3.8) is 0 Å². The molecule has 1 N–H and O–H groups in total. The van der Waals surface area contributed by atoms with Crippen LogP contribution in [0.2, 0.25) is 0 Å². The van der Waals surface area contributed by atoms with E-state index in [1.54, 1.807) is 16.8 Å². The summed E-state index contributed by atoms with van der Waals surface area (Å²) in [5.41, 5.74) is 1.92. The molecule has 1 aliphatic rings. The van der Waals surface area contributed by atoms with Crippen molar-refractivity contribution in [2.24, 2.45) is 0 Å². The zero-order valence-corrected chi connectivity index (χ0v) is 17.1. The first kappa shape index (κ1) is 20.1. The number of H-pyrrole nitrogens is 1. The van der Waals surface area contributed by atoms with Crippen LogP contribution in [-0.4, -0.2) is 55.5 Å². The largest absolute Gasteiger partial charge is 0.493 e. The number of aromatic nitrogens is 5. The monoisotopic (exact) mass is 412 g/mol. The van der Waals surface area contributed by atoms with Gasteiger partial charge >= 0.3 is 0 Å². The lowest BCUT2D eigenvalue weighted by Gasteiger charge is -2.16. The number of hydrogen-bond donors (Lipinski definition) is 1. The van der Waals surface area contributed by atoms with E-state index in [1.165, 1.54) is 12.1 Å². The molecule has 0 aliphatic carbocycles. The number of amides is 1. The Morgan fingerprint density at radius 2 is 2.20 bits per heavy atom. The van der Waals surface area contributed by atoms with Gasteiger partial charge in [-0.05, 0) is 38.5 Å². The van der Waals surface area contributed by atoms with Gasteiger partial charge in [0.1, 0.15) is 29.8 Å². The molecule has 1 atom stereocenters. The van der Waals surface area contributed by atoms with Gasteiger partial charge in [0.2, 0.25) is 5.91 Å². The van der Waals surface area contributed by atoms with Crippen molar-refractivity contribution < 1.29 is 13.9 Å². The van der Waals surface area contributed by atoms with Gasteiger partial charge in [-0.1, -0.05) is 6.07 Å². The van der Waals surface area contributed by atoms with Crippen LogP contribution in [0.3, 0.4) is 0 Å². The van der Waals surface area contributed by atoms with Crippen molar-refractivity contribution in [3.05, 3.63) is 59.2 Å². The standard InChI is InChI=1S/C21H25FN6O2/c1-14-23-15(2)28(26-14)13-21(29)27-8-6-16(12-27)20-11-18(24-25-20)7-9-30-19-5-3-4-17(22)10-19/h3-5,10-11,16H,6-9,12-13H2,1-2H3,(H,24,25). The van der Waals surface area contributed by atoms with Gasteiger partial charge in [0, 0.05) is 37.2 Å². The average Bonchev–Trinajstić information content (AvgIpc) is 3.42. The fourth-order valence-corrected chi connectivity index (χ4v) is 3.72. The number of aryl methyl sites for hydroxylation is 2. The zero-order valence-electron chi connectivity index (χ0n) is 17.1. The summed E-state index contributed by atoms with van der Waals surface area (Å²) in [6.07, 6.45) is 1.52. The second-order valence-corrected chi connectivity index (χ2v) is 7.56. The van der Waals surface area contributed by atoms with Gasteiger partial charge in [0.15, 0.2) is 0 Å². The third kappa shape index (κ3) is 4.67. The van der Waals surface area contributed by atoms with Crippen molar-refractivity contribution in [1.82, 2.24) is 29.9 Å². The van der Waals surface area contributed by atoms with Crippen LogP contribution in [0.1, 0.15) is 35.4 Å². The van der Waals surface area contributed by atoms with Crippen molar-refractivity contribution in [2.75, 3.05) is 19.7 Å². The normalized spacial score (nSPS) is 16.2. The second-order valence-electron chi connectivity index (χ2n) is 7.56. The smallest absolute Gasteiger partial charge is 0.244 e. The molecule has 1 unspecified atom stereocenters. The molecule has 8 nitrogen and oxygen atoms in total. The van der Waals surface area contributed by atoms with E-state index in [9.17, 15) is 9.18 Å². The third-order valence-corrected chi connectivity index (χ3v) is 5.29. The lowest BCUT2D eigenvalue weighted by atomic mass is 10.0. The first-order valence-electron chi connectivity index (χ1n) is 10.1. The van der Waals surface area contributed by atoms with Crippen molar-refractivity contribution >= 4 is 5.91 Å². The first-order valence-corrected chi connectivity index (χ1v) is 10.1. The summed E-state index contributed by atoms with van der Waals surface area (Å²) in [6, 6.07) is 8.13. The molecule has 2 aromatic heterocycles. The van der Waals surface area contributed by atoms with E-state index in [4.69, 9.17) is 4.74 Å². The highest BCUT2D eigenvalue weighted by atomic mass is 19.1. The molecular weight excluding hydrogens is 387 g/mol. The van der Waals surface area contributed by atoms with Crippen LogP contribution in [0.25, 0.3) is 0 Å². The highest BCUT2D eigenvalue weighted by Gasteiger charge is 2.29. The van der Waals surface area contributed by atoms with Crippen LogP contribution in [-0.2, 0) is 17.8 Å². The van der Waals surface area contributed by atoms with E-state index in [0.29, 0.717) is 37.7 Å². The third-order valence-electron chi connectivity index (χ3n) is 5.29. The predicted octanol–water partition coefficient (Wildman–Crippen LogP) is 2.39. The molecule has 1 fully saturated rings. The van der Waals surface area contributed by atoms with Crippen LogP contribution in [0.5, 0.6) is 5.75 Å². The fourth-order valence-electron chi connectivity index (χ4n) is 3.72. The van der Waals surface area contributed by atoms with Gasteiger partial charge in [-0.25, -0.2) is 14.1 Å². The van der Waals surface area contributed by atoms with Crippen LogP contribution in [0.15, 0.2) is 30.3 Å². The molecule has 9 heteroatoms. The summed E-state index contributed by atoms with van der Waals surface area (Å²) in [6.45, 7) is 5.66. The Hall–Kier alpha value is -3.23. The predicted molar refractivity (Wildman–Crippen MR) is 108 cm³/mol. The van der Waals surface area contributed by atoms with Crippen molar-refractivity contribution in [1.29, 1.82) is 0 Å². The molecule has 158 valence electrons. The summed E-state index contributed by atoms with van der Waals surface area (Å²) >= 11 is 0. The molecule has 3 aromatic rings. The maximum absolute atomic E-state index is 13.2. The van der Waals surface area contributed by atoms with Crippen LogP contribution >= 0.6 is 0 Å². The number of aromatic amines is 1. The number of benzene rings is 1. The van der Waals surface area contributed by atoms with E-state index in [-0.39, 0.29) is 24.2 Å². The van der Waals surface area contributed by atoms with Gasteiger partial charge in [-0.3, -0.25) is 9.89 Å². The summed E-state index contributed by atoms with van der Waals surface area (Å²) in [7, 11) is 0. The van der Waals surface area contributed by atoms with E-state index >= 15 is 0 Å². The quantitative estimate of drug-likeness (QED) is 0.644. The van der Waals surface area contributed by atoms with Gasteiger partial charge in [-0.2, -0.15) is 10.2 Å². The molecule has 0 radical (unpaired) electrons. The van der Waals surface area contributed by atoms with Crippen molar-refractivity contribution in [2.45, 2.75) is 39.2 Å². The Kier molecular flexibility index (Phi) is 5.78. The Morgan fingerprint density at radius 1 is 1.33 bits per heavy atom. The number of rotatable bonds is 7. The SMILES string of the molecule is Cc1nc(C)n(CC(=O)N2CCC(c3cc(CCOc4cccc(F)c4)[nH]n3)C2)n1. The number of halogens is 1. The van der Waals surface area contributed by atoms with E-state index in [2.05, 4.69) is 20.3 Å². The minimum absolute atomic E-state index is 0.0461. The van der Waals surface area contributed by atoms with Crippen LogP contribution < -0.4 is 4.74 Å². The number of ether oxygens (including phenoxy) is 1. The van der Waals surface area contributed by atoms with E-state index in [0.717, 1.165) is 23.6 Å². The van der Waals surface area contributed by atoms with Gasteiger partial charge < -0.3 is 9.64 Å². The lowest BCUT2D eigenvalue weighted by Crippen LogP contribution is -2.32.